The number of halogens is 1. The molecule has 6 aromatic rings. The molecule has 166 valence electrons. The molecule has 0 radical (unpaired) electrons. The second-order valence-electron chi connectivity index (χ2n) is 8.32. The van der Waals surface area contributed by atoms with E-state index in [4.69, 9.17) is 15.0 Å². The van der Waals surface area contributed by atoms with Gasteiger partial charge in [0.25, 0.3) is 0 Å². The zero-order chi connectivity index (χ0) is 23.6. The average Bonchev–Trinajstić information content (AvgIpc) is 2.93. The lowest BCUT2D eigenvalue weighted by molar-refractivity contribution is 1.07. The molecule has 6 rings (SSSR count). The van der Waals surface area contributed by atoms with Crippen LogP contribution in [0.4, 0.5) is 0 Å². The number of rotatable bonds is 4. The van der Waals surface area contributed by atoms with Crippen LogP contribution in [-0.2, 0) is 0 Å². The summed E-state index contributed by atoms with van der Waals surface area (Å²) in [6.45, 7) is 0. The van der Waals surface area contributed by atoms with Crippen LogP contribution in [-0.4, -0.2) is 15.0 Å². The van der Waals surface area contributed by atoms with Crippen molar-refractivity contribution >= 4 is 26.7 Å². The Kier molecular flexibility index (Phi) is 5.65. The van der Waals surface area contributed by atoms with Gasteiger partial charge in [-0.2, -0.15) is 0 Å². The van der Waals surface area contributed by atoms with Crippen molar-refractivity contribution in [3.8, 4) is 45.3 Å². The van der Waals surface area contributed by atoms with Crippen molar-refractivity contribution in [1.29, 1.82) is 0 Å². The number of aromatic nitrogens is 3. The van der Waals surface area contributed by atoms with Crippen LogP contribution >= 0.6 is 15.9 Å². The van der Waals surface area contributed by atoms with Gasteiger partial charge in [0.1, 0.15) is 0 Å². The van der Waals surface area contributed by atoms with Crippen molar-refractivity contribution in [3.63, 3.8) is 0 Å². The largest absolute Gasteiger partial charge is 0.208 e. The van der Waals surface area contributed by atoms with Gasteiger partial charge in [0.2, 0.25) is 0 Å². The molecule has 0 N–H and O–H groups in total. The van der Waals surface area contributed by atoms with E-state index in [-0.39, 0.29) is 0 Å². The highest BCUT2D eigenvalue weighted by Crippen LogP contribution is 2.29. The summed E-state index contributed by atoms with van der Waals surface area (Å²) in [7, 11) is 0. The summed E-state index contributed by atoms with van der Waals surface area (Å²) in [4.78, 5) is 14.4. The fourth-order valence-electron chi connectivity index (χ4n) is 4.15. The molecule has 0 bridgehead atoms. The lowest BCUT2D eigenvalue weighted by Gasteiger charge is -2.09. The van der Waals surface area contributed by atoms with E-state index in [1.54, 1.807) is 0 Å². The molecule has 0 saturated heterocycles. The van der Waals surface area contributed by atoms with Crippen LogP contribution in [0.25, 0.3) is 56.1 Å². The summed E-state index contributed by atoms with van der Waals surface area (Å²) in [6, 6.07) is 41.4. The first-order valence-corrected chi connectivity index (χ1v) is 12.2. The van der Waals surface area contributed by atoms with Crippen LogP contribution in [0.2, 0.25) is 0 Å². The van der Waals surface area contributed by atoms with Crippen molar-refractivity contribution in [2.75, 3.05) is 0 Å². The van der Waals surface area contributed by atoms with Gasteiger partial charge in [-0.05, 0) is 40.1 Å². The quantitative estimate of drug-likeness (QED) is 0.237. The van der Waals surface area contributed by atoms with Crippen molar-refractivity contribution in [3.05, 3.63) is 126 Å². The number of benzene rings is 5. The van der Waals surface area contributed by atoms with E-state index in [1.807, 2.05) is 60.7 Å². The van der Waals surface area contributed by atoms with Gasteiger partial charge in [0.15, 0.2) is 17.5 Å². The summed E-state index contributed by atoms with van der Waals surface area (Å²) >= 11 is 3.55. The summed E-state index contributed by atoms with van der Waals surface area (Å²) in [5.41, 5.74) is 5.21. The predicted molar refractivity (Wildman–Crippen MR) is 147 cm³/mol. The molecule has 0 aliphatic rings. The van der Waals surface area contributed by atoms with Gasteiger partial charge < -0.3 is 0 Å². The molecule has 0 aliphatic heterocycles. The second kappa shape index (κ2) is 9.24. The van der Waals surface area contributed by atoms with E-state index >= 15 is 0 Å². The Bertz CT molecular complexity index is 1570. The summed E-state index contributed by atoms with van der Waals surface area (Å²) in [5, 5.41) is 2.43. The van der Waals surface area contributed by atoms with E-state index in [9.17, 15) is 0 Å². The third kappa shape index (κ3) is 4.48. The van der Waals surface area contributed by atoms with Gasteiger partial charge in [0.05, 0.1) is 0 Å². The van der Waals surface area contributed by atoms with Gasteiger partial charge >= 0.3 is 0 Å². The monoisotopic (exact) mass is 513 g/mol. The molecule has 1 aromatic heterocycles. The lowest BCUT2D eigenvalue weighted by Crippen LogP contribution is -2.00. The van der Waals surface area contributed by atoms with Gasteiger partial charge in [0, 0.05) is 21.2 Å². The fraction of sp³-hybridized carbons (Fsp3) is 0. The molecule has 4 heteroatoms. The molecule has 0 atom stereocenters. The highest BCUT2D eigenvalue weighted by atomic mass is 79.9. The maximum atomic E-state index is 4.82. The van der Waals surface area contributed by atoms with E-state index in [0.717, 1.165) is 26.7 Å². The lowest BCUT2D eigenvalue weighted by atomic mass is 10.00. The SMILES string of the molecule is Brc1ccc2cc(-c3ccc(-c4nc(-c5ccccc5)nc(-c5ccccc5)n4)cc3)ccc2c1. The van der Waals surface area contributed by atoms with Gasteiger partial charge in [-0.1, -0.05) is 119 Å². The highest BCUT2D eigenvalue weighted by molar-refractivity contribution is 9.10. The van der Waals surface area contributed by atoms with Crippen molar-refractivity contribution in [1.82, 2.24) is 15.0 Å². The molecule has 5 aromatic carbocycles. The van der Waals surface area contributed by atoms with Crippen LogP contribution in [0, 0.1) is 0 Å². The Morgan fingerprint density at radius 3 is 1.37 bits per heavy atom. The molecule has 35 heavy (non-hydrogen) atoms. The minimum Gasteiger partial charge on any atom is -0.208 e. The maximum Gasteiger partial charge on any atom is 0.164 e. The number of hydrogen-bond acceptors (Lipinski definition) is 3. The van der Waals surface area contributed by atoms with Crippen molar-refractivity contribution in [2.45, 2.75) is 0 Å². The Hall–Kier alpha value is -4.15. The fourth-order valence-corrected chi connectivity index (χ4v) is 4.52. The van der Waals surface area contributed by atoms with E-state index in [0.29, 0.717) is 17.5 Å². The Morgan fingerprint density at radius 2 is 0.800 bits per heavy atom. The third-order valence-corrected chi connectivity index (χ3v) is 6.47. The van der Waals surface area contributed by atoms with Crippen LogP contribution in [0.1, 0.15) is 0 Å². The molecular weight excluding hydrogens is 494 g/mol. The standard InChI is InChI=1S/C31H20BrN3/c32-28-18-17-26-19-25(15-16-27(26)20-28)21-11-13-24(14-12-21)31-34-29(22-7-3-1-4-8-22)33-30(35-31)23-9-5-2-6-10-23/h1-20H. The molecular formula is C31H20BrN3. The average molecular weight is 514 g/mol. The Balaban J connectivity index is 1.41. The Labute approximate surface area is 212 Å². The smallest absolute Gasteiger partial charge is 0.164 e. The highest BCUT2D eigenvalue weighted by Gasteiger charge is 2.12. The maximum absolute atomic E-state index is 4.82. The molecule has 3 nitrogen and oxygen atoms in total. The molecule has 1 heterocycles. The summed E-state index contributed by atoms with van der Waals surface area (Å²) < 4.78 is 1.09. The first kappa shape index (κ1) is 21.4. The topological polar surface area (TPSA) is 38.7 Å². The van der Waals surface area contributed by atoms with Gasteiger partial charge in [-0.3, -0.25) is 0 Å². The zero-order valence-electron chi connectivity index (χ0n) is 18.8. The summed E-state index contributed by atoms with van der Waals surface area (Å²) in [6.07, 6.45) is 0. The Morgan fingerprint density at radius 1 is 0.371 bits per heavy atom. The number of fused-ring (bicyclic) bond motifs is 1. The van der Waals surface area contributed by atoms with Crippen LogP contribution in [0.3, 0.4) is 0 Å². The first-order valence-electron chi connectivity index (χ1n) is 11.4. The van der Waals surface area contributed by atoms with Crippen molar-refractivity contribution < 1.29 is 0 Å². The third-order valence-electron chi connectivity index (χ3n) is 5.98. The molecule has 0 saturated carbocycles. The van der Waals surface area contributed by atoms with E-state index < -0.39 is 0 Å². The molecule has 0 unspecified atom stereocenters. The van der Waals surface area contributed by atoms with E-state index in [2.05, 4.69) is 76.6 Å². The second-order valence-corrected chi connectivity index (χ2v) is 9.24. The molecule has 0 fully saturated rings. The number of hydrogen-bond donors (Lipinski definition) is 0. The number of nitrogens with zero attached hydrogens (tertiary/aromatic N) is 3. The minimum atomic E-state index is 0.660. The van der Waals surface area contributed by atoms with Crippen LogP contribution < -0.4 is 0 Å². The molecule has 0 amide bonds. The molecule has 0 aliphatic carbocycles. The minimum absolute atomic E-state index is 0.660. The first-order chi connectivity index (χ1) is 17.2. The zero-order valence-corrected chi connectivity index (χ0v) is 20.4. The van der Waals surface area contributed by atoms with E-state index in [1.165, 1.54) is 16.3 Å². The predicted octanol–water partition coefficient (Wildman–Crippen LogP) is 8.46. The summed E-state index contributed by atoms with van der Waals surface area (Å²) in [5.74, 6) is 1.99. The van der Waals surface area contributed by atoms with Crippen LogP contribution in [0.15, 0.2) is 126 Å². The normalized spacial score (nSPS) is 11.0. The molecule has 0 spiro atoms. The van der Waals surface area contributed by atoms with Crippen LogP contribution in [0.5, 0.6) is 0 Å². The van der Waals surface area contributed by atoms with Crippen molar-refractivity contribution in [2.24, 2.45) is 0 Å². The van der Waals surface area contributed by atoms with Gasteiger partial charge in [-0.25, -0.2) is 15.0 Å². The van der Waals surface area contributed by atoms with Gasteiger partial charge in [-0.15, -0.1) is 0 Å².